The monoisotopic (exact) mass is 285 g/mol. The number of aryl methyl sites for hydroxylation is 2. The first-order valence-electron chi connectivity index (χ1n) is 9.12. The first kappa shape index (κ1) is 15.1. The van der Waals surface area contributed by atoms with Crippen LogP contribution in [0.5, 0.6) is 0 Å². The average Bonchev–Trinajstić information content (AvgIpc) is 2.55. The van der Waals surface area contributed by atoms with Gasteiger partial charge in [-0.3, -0.25) is 0 Å². The van der Waals surface area contributed by atoms with E-state index < -0.39 is 0 Å². The first-order valence-corrected chi connectivity index (χ1v) is 9.12. The van der Waals surface area contributed by atoms with Crippen LogP contribution >= 0.6 is 0 Å². The maximum atomic E-state index is 3.87. The number of rotatable bonds is 4. The van der Waals surface area contributed by atoms with Gasteiger partial charge in [0.1, 0.15) is 0 Å². The zero-order chi connectivity index (χ0) is 14.7. The van der Waals surface area contributed by atoms with Crippen molar-refractivity contribution in [3.05, 3.63) is 34.9 Å². The van der Waals surface area contributed by atoms with Crippen molar-refractivity contribution >= 4 is 0 Å². The van der Waals surface area contributed by atoms with Crippen molar-refractivity contribution in [2.24, 2.45) is 5.92 Å². The smallest absolute Gasteiger partial charge is 0.0294 e. The Hall–Kier alpha value is -0.820. The van der Waals surface area contributed by atoms with E-state index in [2.05, 4.69) is 37.4 Å². The zero-order valence-electron chi connectivity index (χ0n) is 13.8. The van der Waals surface area contributed by atoms with Gasteiger partial charge in [0.15, 0.2) is 0 Å². The minimum absolute atomic E-state index is 0.481. The fourth-order valence-corrected chi connectivity index (χ4v) is 4.28. The third-order valence-electron chi connectivity index (χ3n) is 5.74. The molecule has 1 aromatic rings. The van der Waals surface area contributed by atoms with Crippen LogP contribution in [0.25, 0.3) is 0 Å². The molecule has 116 valence electrons. The lowest BCUT2D eigenvalue weighted by Crippen LogP contribution is -2.36. The van der Waals surface area contributed by atoms with Crippen molar-refractivity contribution in [3.8, 4) is 0 Å². The summed E-state index contributed by atoms with van der Waals surface area (Å²) in [7, 11) is 0. The zero-order valence-corrected chi connectivity index (χ0v) is 13.8. The number of hydrogen-bond donors (Lipinski definition) is 1. The molecule has 1 N–H and O–H groups in total. The summed E-state index contributed by atoms with van der Waals surface area (Å²) < 4.78 is 0. The van der Waals surface area contributed by atoms with Crippen LogP contribution in [-0.4, -0.2) is 6.04 Å². The average molecular weight is 285 g/mol. The van der Waals surface area contributed by atoms with Crippen molar-refractivity contribution in [2.75, 3.05) is 0 Å². The molecule has 1 nitrogen and oxygen atoms in total. The second-order valence-electron chi connectivity index (χ2n) is 7.31. The Kier molecular flexibility index (Phi) is 5.00. The van der Waals surface area contributed by atoms with Crippen molar-refractivity contribution < 1.29 is 0 Å². The second-order valence-corrected chi connectivity index (χ2v) is 7.31. The molecule has 2 unspecified atom stereocenters. The summed E-state index contributed by atoms with van der Waals surface area (Å²) in [5.74, 6) is 0.888. The molecule has 2 aliphatic carbocycles. The lowest BCUT2D eigenvalue weighted by molar-refractivity contribution is 0.268. The number of benzene rings is 1. The summed E-state index contributed by atoms with van der Waals surface area (Å²) in [5.41, 5.74) is 4.69. The van der Waals surface area contributed by atoms with Gasteiger partial charge in [0.25, 0.3) is 0 Å². The maximum absolute atomic E-state index is 3.87. The largest absolute Gasteiger partial charge is 0.307 e. The van der Waals surface area contributed by atoms with Crippen LogP contribution < -0.4 is 5.32 Å². The number of hydrogen-bond acceptors (Lipinski definition) is 1. The molecular formula is C20H31N. The number of fused-ring (bicyclic) bond motifs is 1. The molecule has 2 aliphatic rings. The van der Waals surface area contributed by atoms with Gasteiger partial charge in [-0.25, -0.2) is 0 Å². The van der Waals surface area contributed by atoms with Crippen LogP contribution in [0.2, 0.25) is 0 Å². The Morgan fingerprint density at radius 3 is 2.38 bits per heavy atom. The molecule has 3 rings (SSSR count). The van der Waals surface area contributed by atoms with Gasteiger partial charge in [0.2, 0.25) is 0 Å². The van der Waals surface area contributed by atoms with E-state index in [1.807, 2.05) is 0 Å². The van der Waals surface area contributed by atoms with E-state index in [1.165, 1.54) is 63.4 Å². The minimum atomic E-state index is 0.481. The molecule has 1 saturated carbocycles. The van der Waals surface area contributed by atoms with Gasteiger partial charge in [-0.2, -0.15) is 0 Å². The topological polar surface area (TPSA) is 12.0 Å². The van der Waals surface area contributed by atoms with E-state index in [0.717, 1.165) is 5.92 Å². The molecule has 1 fully saturated rings. The molecule has 0 spiro atoms. The molecule has 2 atom stereocenters. The van der Waals surface area contributed by atoms with Crippen LogP contribution in [0.3, 0.4) is 0 Å². The Balaban J connectivity index is 1.63. The van der Waals surface area contributed by atoms with E-state index >= 15 is 0 Å². The van der Waals surface area contributed by atoms with Crippen LogP contribution in [0.4, 0.5) is 0 Å². The molecular weight excluding hydrogens is 254 g/mol. The Bertz CT molecular complexity index is 459. The number of nitrogens with one attached hydrogen (secondary N) is 1. The highest BCUT2D eigenvalue weighted by Crippen LogP contribution is 2.29. The molecule has 0 bridgehead atoms. The van der Waals surface area contributed by atoms with Gasteiger partial charge in [-0.05, 0) is 75.0 Å². The normalized spacial score (nSPS) is 22.6. The Morgan fingerprint density at radius 1 is 0.905 bits per heavy atom. The molecule has 0 heterocycles. The lowest BCUT2D eigenvalue weighted by atomic mass is 9.84. The van der Waals surface area contributed by atoms with E-state index in [9.17, 15) is 0 Å². The third-order valence-corrected chi connectivity index (χ3v) is 5.74. The van der Waals surface area contributed by atoms with Crippen molar-refractivity contribution in [3.63, 3.8) is 0 Å². The van der Waals surface area contributed by atoms with E-state index in [1.54, 1.807) is 11.1 Å². The molecule has 1 aromatic carbocycles. The predicted octanol–water partition coefficient (Wildman–Crippen LogP) is 5.18. The molecule has 0 saturated heterocycles. The summed E-state index contributed by atoms with van der Waals surface area (Å²) in [6.07, 6.45) is 12.5. The van der Waals surface area contributed by atoms with E-state index in [0.29, 0.717) is 12.1 Å². The van der Waals surface area contributed by atoms with E-state index in [-0.39, 0.29) is 0 Å². The lowest BCUT2D eigenvalue weighted by Gasteiger charge is -2.31. The molecule has 0 radical (unpaired) electrons. The quantitative estimate of drug-likeness (QED) is 0.803. The standard InChI is InChI=1S/C20H31N/c1-15(17-8-4-3-5-9-17)21-16(2)19-13-12-18-10-6-7-11-20(18)14-19/h12-17,21H,3-11H2,1-2H3. The fraction of sp³-hybridized carbons (Fsp3) is 0.700. The second kappa shape index (κ2) is 6.96. The Morgan fingerprint density at radius 2 is 1.62 bits per heavy atom. The summed E-state index contributed by atoms with van der Waals surface area (Å²) >= 11 is 0. The van der Waals surface area contributed by atoms with Crippen LogP contribution in [0, 0.1) is 5.92 Å². The van der Waals surface area contributed by atoms with Gasteiger partial charge in [-0.15, -0.1) is 0 Å². The highest BCUT2D eigenvalue weighted by molar-refractivity contribution is 5.35. The van der Waals surface area contributed by atoms with Crippen LogP contribution in [0.15, 0.2) is 18.2 Å². The van der Waals surface area contributed by atoms with Gasteiger partial charge >= 0.3 is 0 Å². The fourth-order valence-electron chi connectivity index (χ4n) is 4.28. The van der Waals surface area contributed by atoms with Crippen molar-refractivity contribution in [1.29, 1.82) is 0 Å². The van der Waals surface area contributed by atoms with Crippen molar-refractivity contribution in [2.45, 2.75) is 83.7 Å². The van der Waals surface area contributed by atoms with Gasteiger partial charge < -0.3 is 5.32 Å². The summed E-state index contributed by atoms with van der Waals surface area (Å²) in [5, 5.41) is 3.87. The summed E-state index contributed by atoms with van der Waals surface area (Å²) in [6.45, 7) is 4.73. The van der Waals surface area contributed by atoms with Crippen LogP contribution in [-0.2, 0) is 12.8 Å². The summed E-state index contributed by atoms with van der Waals surface area (Å²) in [6, 6.07) is 8.34. The minimum Gasteiger partial charge on any atom is -0.307 e. The molecule has 0 amide bonds. The molecule has 21 heavy (non-hydrogen) atoms. The van der Waals surface area contributed by atoms with Gasteiger partial charge in [0.05, 0.1) is 0 Å². The molecule has 0 aliphatic heterocycles. The third kappa shape index (κ3) is 3.69. The Labute approximate surface area is 130 Å². The van der Waals surface area contributed by atoms with Crippen molar-refractivity contribution in [1.82, 2.24) is 5.32 Å². The predicted molar refractivity (Wildman–Crippen MR) is 90.7 cm³/mol. The van der Waals surface area contributed by atoms with Gasteiger partial charge in [0, 0.05) is 12.1 Å². The highest BCUT2D eigenvalue weighted by Gasteiger charge is 2.22. The molecule has 0 aromatic heterocycles. The highest BCUT2D eigenvalue weighted by atomic mass is 14.9. The SMILES string of the molecule is CC(NC(C)C1CCCCC1)c1ccc2c(c1)CCCC2. The van der Waals surface area contributed by atoms with Crippen LogP contribution in [0.1, 0.15) is 81.5 Å². The maximum Gasteiger partial charge on any atom is 0.0294 e. The molecule has 1 heteroatoms. The first-order chi connectivity index (χ1) is 10.2. The van der Waals surface area contributed by atoms with E-state index in [4.69, 9.17) is 0 Å². The van der Waals surface area contributed by atoms with Gasteiger partial charge in [-0.1, -0.05) is 37.5 Å². The summed E-state index contributed by atoms with van der Waals surface area (Å²) in [4.78, 5) is 0.